The first-order valence-electron chi connectivity index (χ1n) is 5.60. The molecule has 1 amide bonds. The second-order valence-electron chi connectivity index (χ2n) is 3.84. The van der Waals surface area contributed by atoms with Gasteiger partial charge < -0.3 is 11.1 Å². The van der Waals surface area contributed by atoms with E-state index in [1.54, 1.807) is 10.7 Å². The van der Waals surface area contributed by atoms with Crippen molar-refractivity contribution in [2.45, 2.75) is 13.5 Å². The number of benzene rings is 1. The van der Waals surface area contributed by atoms with Crippen molar-refractivity contribution >= 4 is 49.1 Å². The van der Waals surface area contributed by atoms with Gasteiger partial charge in [-0.05, 0) is 41.1 Å². The molecule has 2 aromatic rings. The van der Waals surface area contributed by atoms with Gasteiger partial charge >= 0.3 is 0 Å². The highest BCUT2D eigenvalue weighted by molar-refractivity contribution is 9.11. The first-order valence-corrected chi connectivity index (χ1v) is 7.19. The third-order valence-electron chi connectivity index (χ3n) is 2.56. The van der Waals surface area contributed by atoms with E-state index in [4.69, 9.17) is 5.73 Å². The quantitative estimate of drug-likeness (QED) is 0.848. The lowest BCUT2D eigenvalue weighted by atomic mass is 10.3. The fourth-order valence-electron chi connectivity index (χ4n) is 1.66. The molecule has 0 fully saturated rings. The van der Waals surface area contributed by atoms with E-state index in [-0.39, 0.29) is 5.91 Å². The van der Waals surface area contributed by atoms with Gasteiger partial charge in [0.1, 0.15) is 5.69 Å². The second kappa shape index (κ2) is 5.75. The second-order valence-corrected chi connectivity index (χ2v) is 5.61. The zero-order valence-corrected chi connectivity index (χ0v) is 13.3. The molecule has 1 aromatic heterocycles. The molecule has 0 atom stereocenters. The third-order valence-corrected chi connectivity index (χ3v) is 3.71. The van der Waals surface area contributed by atoms with Crippen LogP contribution in [-0.2, 0) is 6.54 Å². The Morgan fingerprint density at radius 1 is 1.47 bits per heavy atom. The van der Waals surface area contributed by atoms with Crippen LogP contribution in [0.2, 0.25) is 0 Å². The molecule has 100 valence electrons. The van der Waals surface area contributed by atoms with E-state index in [9.17, 15) is 4.79 Å². The van der Waals surface area contributed by atoms with Crippen LogP contribution >= 0.6 is 31.9 Å². The average Bonchev–Trinajstić information content (AvgIpc) is 2.74. The van der Waals surface area contributed by atoms with Crippen LogP contribution in [0.5, 0.6) is 0 Å². The van der Waals surface area contributed by atoms with E-state index in [1.807, 2.05) is 19.1 Å². The summed E-state index contributed by atoms with van der Waals surface area (Å²) < 4.78 is 3.28. The lowest BCUT2D eigenvalue weighted by Gasteiger charge is -2.09. The zero-order valence-electron chi connectivity index (χ0n) is 10.2. The summed E-state index contributed by atoms with van der Waals surface area (Å²) in [5.41, 5.74) is 7.19. The number of carbonyl (C=O) groups is 1. The van der Waals surface area contributed by atoms with E-state index in [0.29, 0.717) is 23.6 Å². The molecule has 0 saturated carbocycles. The topological polar surface area (TPSA) is 72.9 Å². The highest BCUT2D eigenvalue weighted by Gasteiger charge is 2.17. The van der Waals surface area contributed by atoms with Gasteiger partial charge in [0.25, 0.3) is 5.91 Å². The van der Waals surface area contributed by atoms with Crippen molar-refractivity contribution in [3.8, 4) is 0 Å². The number of nitrogens with zero attached hydrogens (tertiary/aromatic N) is 2. The number of carbonyl (C=O) groups excluding carboxylic acids is 1. The van der Waals surface area contributed by atoms with Crippen LogP contribution in [0.15, 0.2) is 33.3 Å². The van der Waals surface area contributed by atoms with E-state index in [0.717, 1.165) is 8.95 Å². The number of amides is 1. The molecule has 3 N–H and O–H groups in total. The van der Waals surface area contributed by atoms with Crippen LogP contribution in [0, 0.1) is 0 Å². The van der Waals surface area contributed by atoms with E-state index in [2.05, 4.69) is 42.3 Å². The summed E-state index contributed by atoms with van der Waals surface area (Å²) in [6.07, 6.45) is 1.48. The summed E-state index contributed by atoms with van der Waals surface area (Å²) in [5, 5.41) is 6.85. The number of nitrogens with two attached hydrogens (primary N) is 1. The summed E-state index contributed by atoms with van der Waals surface area (Å²) in [6, 6.07) is 5.51. The number of hydrogen-bond donors (Lipinski definition) is 2. The number of rotatable bonds is 3. The minimum Gasteiger partial charge on any atom is -0.396 e. The zero-order chi connectivity index (χ0) is 14.0. The summed E-state index contributed by atoms with van der Waals surface area (Å²) in [5.74, 6) is -0.278. The summed E-state index contributed by atoms with van der Waals surface area (Å²) in [4.78, 5) is 12.2. The molecular weight excluding hydrogens is 376 g/mol. The Morgan fingerprint density at radius 3 is 2.84 bits per heavy atom. The first-order chi connectivity index (χ1) is 9.02. The van der Waals surface area contributed by atoms with Crippen molar-refractivity contribution in [1.29, 1.82) is 0 Å². The van der Waals surface area contributed by atoms with Gasteiger partial charge in [-0.2, -0.15) is 5.10 Å². The molecule has 0 bridgehead atoms. The molecule has 0 aliphatic carbocycles. The lowest BCUT2D eigenvalue weighted by Crippen LogP contribution is -2.19. The Morgan fingerprint density at radius 2 is 2.21 bits per heavy atom. The van der Waals surface area contributed by atoms with Crippen molar-refractivity contribution in [2.75, 3.05) is 11.1 Å². The van der Waals surface area contributed by atoms with Crippen LogP contribution in [0.4, 0.5) is 11.4 Å². The largest absolute Gasteiger partial charge is 0.396 e. The summed E-state index contributed by atoms with van der Waals surface area (Å²) in [7, 11) is 0. The molecule has 19 heavy (non-hydrogen) atoms. The van der Waals surface area contributed by atoms with Crippen molar-refractivity contribution < 1.29 is 4.79 Å². The fourth-order valence-corrected chi connectivity index (χ4v) is 2.81. The Labute approximate surface area is 127 Å². The van der Waals surface area contributed by atoms with Gasteiger partial charge in [-0.15, -0.1) is 0 Å². The molecule has 0 aliphatic heterocycles. The number of nitrogen functional groups attached to an aromatic ring is 1. The number of aromatic nitrogens is 2. The number of nitrogens with one attached hydrogen (secondary N) is 1. The third kappa shape index (κ3) is 2.98. The van der Waals surface area contributed by atoms with Gasteiger partial charge in [0, 0.05) is 15.5 Å². The molecule has 2 rings (SSSR count). The molecule has 0 aliphatic rings. The van der Waals surface area contributed by atoms with Crippen molar-refractivity contribution in [1.82, 2.24) is 9.78 Å². The van der Waals surface area contributed by atoms with Crippen molar-refractivity contribution in [2.24, 2.45) is 0 Å². The predicted octanol–water partition coefficient (Wildman–Crippen LogP) is 3.26. The molecule has 0 spiro atoms. The smallest absolute Gasteiger partial charge is 0.276 e. The monoisotopic (exact) mass is 386 g/mol. The maximum absolute atomic E-state index is 12.2. The Bertz CT molecular complexity index is 624. The van der Waals surface area contributed by atoms with Crippen LogP contribution in [0.1, 0.15) is 17.4 Å². The molecule has 0 saturated heterocycles. The molecule has 7 heteroatoms. The molecule has 1 heterocycles. The number of aryl methyl sites for hydroxylation is 1. The van der Waals surface area contributed by atoms with Gasteiger partial charge in [0.05, 0.1) is 17.6 Å². The van der Waals surface area contributed by atoms with E-state index in [1.165, 1.54) is 6.20 Å². The maximum Gasteiger partial charge on any atom is 0.276 e. The predicted molar refractivity (Wildman–Crippen MR) is 82.1 cm³/mol. The minimum atomic E-state index is -0.278. The molecular formula is C12H12Br2N4O. The maximum atomic E-state index is 12.2. The molecule has 0 radical (unpaired) electrons. The van der Waals surface area contributed by atoms with Gasteiger partial charge in [0.2, 0.25) is 0 Å². The standard InChI is InChI=1S/C12H12Br2N4O/c1-2-18-11(9(15)6-16-18)12(19)17-10-4-3-7(13)5-8(10)14/h3-6H,2,15H2,1H3,(H,17,19). The van der Waals surface area contributed by atoms with Crippen LogP contribution < -0.4 is 11.1 Å². The van der Waals surface area contributed by atoms with E-state index < -0.39 is 0 Å². The van der Waals surface area contributed by atoms with Gasteiger partial charge in [0.15, 0.2) is 0 Å². The average molecular weight is 388 g/mol. The first kappa shape index (κ1) is 14.1. The summed E-state index contributed by atoms with van der Waals surface area (Å²) >= 11 is 6.75. The van der Waals surface area contributed by atoms with Crippen LogP contribution in [-0.4, -0.2) is 15.7 Å². The normalized spacial score (nSPS) is 10.5. The van der Waals surface area contributed by atoms with Crippen LogP contribution in [0.25, 0.3) is 0 Å². The Kier molecular flexibility index (Phi) is 4.26. The number of halogens is 2. The molecule has 5 nitrogen and oxygen atoms in total. The number of hydrogen-bond acceptors (Lipinski definition) is 3. The van der Waals surface area contributed by atoms with Gasteiger partial charge in [-0.3, -0.25) is 9.48 Å². The number of anilines is 2. The molecule has 0 unspecified atom stereocenters. The van der Waals surface area contributed by atoms with Gasteiger partial charge in [-0.1, -0.05) is 15.9 Å². The Hall–Kier alpha value is -1.34. The highest BCUT2D eigenvalue weighted by atomic mass is 79.9. The Balaban J connectivity index is 2.28. The van der Waals surface area contributed by atoms with E-state index >= 15 is 0 Å². The summed E-state index contributed by atoms with van der Waals surface area (Å²) in [6.45, 7) is 2.49. The minimum absolute atomic E-state index is 0.278. The SMILES string of the molecule is CCn1ncc(N)c1C(=O)Nc1ccc(Br)cc1Br. The highest BCUT2D eigenvalue weighted by Crippen LogP contribution is 2.27. The van der Waals surface area contributed by atoms with Crippen molar-refractivity contribution in [3.05, 3.63) is 39.0 Å². The van der Waals surface area contributed by atoms with Gasteiger partial charge in [-0.25, -0.2) is 0 Å². The van der Waals surface area contributed by atoms with Crippen molar-refractivity contribution in [3.63, 3.8) is 0 Å². The lowest BCUT2D eigenvalue weighted by molar-refractivity contribution is 0.101. The molecule has 1 aromatic carbocycles. The fraction of sp³-hybridized carbons (Fsp3) is 0.167. The van der Waals surface area contributed by atoms with Crippen LogP contribution in [0.3, 0.4) is 0 Å².